The van der Waals surface area contributed by atoms with E-state index in [0.29, 0.717) is 17.7 Å². The number of benzene rings is 1. The van der Waals surface area contributed by atoms with Gasteiger partial charge in [-0.05, 0) is 12.5 Å². The van der Waals surface area contributed by atoms with Gasteiger partial charge in [0, 0.05) is 19.2 Å². The predicted molar refractivity (Wildman–Crippen MR) is 73.0 cm³/mol. The zero-order valence-corrected chi connectivity index (χ0v) is 11.3. The highest BCUT2D eigenvalue weighted by Crippen LogP contribution is 2.28. The standard InChI is InChI=1S/C13H15FN4O2/c1-3-11-12(18(19)20)13(17(2)16-11)15-8-9-6-4-5-7-10(9)14/h4-7,15H,3,8H2,1-2H3. The van der Waals surface area contributed by atoms with E-state index >= 15 is 0 Å². The molecule has 6 nitrogen and oxygen atoms in total. The van der Waals surface area contributed by atoms with Crippen LogP contribution in [0, 0.1) is 15.9 Å². The van der Waals surface area contributed by atoms with Crippen LogP contribution in [0.5, 0.6) is 0 Å². The largest absolute Gasteiger partial charge is 0.360 e. The minimum Gasteiger partial charge on any atom is -0.360 e. The lowest BCUT2D eigenvalue weighted by molar-refractivity contribution is -0.384. The van der Waals surface area contributed by atoms with Crippen LogP contribution in [0.1, 0.15) is 18.2 Å². The number of hydrogen-bond donors (Lipinski definition) is 1. The van der Waals surface area contributed by atoms with Gasteiger partial charge in [0.2, 0.25) is 5.82 Å². The van der Waals surface area contributed by atoms with E-state index < -0.39 is 4.92 Å². The Bertz CT molecular complexity index is 639. The number of nitro groups is 1. The molecule has 20 heavy (non-hydrogen) atoms. The molecular formula is C13H15FN4O2. The smallest absolute Gasteiger partial charge is 0.333 e. The fourth-order valence-corrected chi connectivity index (χ4v) is 2.02. The first-order chi connectivity index (χ1) is 9.54. The highest BCUT2D eigenvalue weighted by atomic mass is 19.1. The lowest BCUT2D eigenvalue weighted by Crippen LogP contribution is -2.07. The molecule has 0 aliphatic heterocycles. The van der Waals surface area contributed by atoms with Gasteiger partial charge < -0.3 is 5.32 Å². The van der Waals surface area contributed by atoms with E-state index in [2.05, 4.69) is 10.4 Å². The molecule has 0 saturated heterocycles. The minimum absolute atomic E-state index is 0.0497. The molecule has 0 aliphatic carbocycles. The number of nitrogens with zero attached hydrogens (tertiary/aromatic N) is 3. The summed E-state index contributed by atoms with van der Waals surface area (Å²) in [6, 6.07) is 6.30. The average molecular weight is 278 g/mol. The Morgan fingerprint density at radius 1 is 1.45 bits per heavy atom. The second-order valence-electron chi connectivity index (χ2n) is 4.32. The Labute approximate surface area is 115 Å². The van der Waals surface area contributed by atoms with Gasteiger partial charge in [0.25, 0.3) is 0 Å². The van der Waals surface area contributed by atoms with Gasteiger partial charge in [-0.2, -0.15) is 5.10 Å². The summed E-state index contributed by atoms with van der Waals surface area (Å²) in [6.45, 7) is 1.96. The summed E-state index contributed by atoms with van der Waals surface area (Å²) in [7, 11) is 1.62. The molecule has 0 atom stereocenters. The summed E-state index contributed by atoms with van der Waals surface area (Å²) in [4.78, 5) is 10.7. The maximum atomic E-state index is 13.5. The molecule has 1 aromatic carbocycles. The van der Waals surface area contributed by atoms with Crippen molar-refractivity contribution in [3.8, 4) is 0 Å². The molecule has 0 spiro atoms. The zero-order chi connectivity index (χ0) is 14.7. The summed E-state index contributed by atoms with van der Waals surface area (Å²) in [5, 5.41) is 18.1. The van der Waals surface area contributed by atoms with Crippen molar-refractivity contribution in [1.82, 2.24) is 9.78 Å². The zero-order valence-electron chi connectivity index (χ0n) is 11.3. The summed E-state index contributed by atoms with van der Waals surface area (Å²) >= 11 is 0. The predicted octanol–water partition coefficient (Wildman–Crippen LogP) is 2.64. The van der Waals surface area contributed by atoms with Crippen molar-refractivity contribution >= 4 is 11.5 Å². The monoisotopic (exact) mass is 278 g/mol. The van der Waals surface area contributed by atoms with Crippen molar-refractivity contribution in [2.45, 2.75) is 19.9 Å². The summed E-state index contributed by atoms with van der Waals surface area (Å²) in [5.74, 6) is -0.0596. The van der Waals surface area contributed by atoms with Crippen molar-refractivity contribution in [2.75, 3.05) is 5.32 Å². The van der Waals surface area contributed by atoms with Crippen LogP contribution < -0.4 is 5.32 Å². The van der Waals surface area contributed by atoms with Crippen molar-refractivity contribution in [1.29, 1.82) is 0 Å². The second-order valence-corrected chi connectivity index (χ2v) is 4.32. The molecule has 0 saturated carbocycles. The third kappa shape index (κ3) is 2.61. The van der Waals surface area contributed by atoms with E-state index in [1.165, 1.54) is 10.7 Å². The fraction of sp³-hybridized carbons (Fsp3) is 0.308. The molecule has 0 amide bonds. The highest BCUT2D eigenvalue weighted by Gasteiger charge is 2.25. The molecule has 7 heteroatoms. The van der Waals surface area contributed by atoms with Gasteiger partial charge in [-0.1, -0.05) is 25.1 Å². The van der Waals surface area contributed by atoms with Crippen LogP contribution in [0.25, 0.3) is 0 Å². The molecule has 2 aromatic rings. The minimum atomic E-state index is -0.463. The molecule has 106 valence electrons. The molecule has 1 heterocycles. The molecule has 0 radical (unpaired) electrons. The van der Waals surface area contributed by atoms with Gasteiger partial charge in [-0.25, -0.2) is 9.07 Å². The molecule has 2 rings (SSSR count). The first-order valence-electron chi connectivity index (χ1n) is 6.22. The fourth-order valence-electron chi connectivity index (χ4n) is 2.02. The van der Waals surface area contributed by atoms with Gasteiger partial charge in [0.05, 0.1) is 4.92 Å². The number of halogens is 1. The molecular weight excluding hydrogens is 263 g/mol. The van der Waals surface area contributed by atoms with Crippen LogP contribution in [0.3, 0.4) is 0 Å². The molecule has 0 aliphatic rings. The first kappa shape index (κ1) is 14.0. The number of rotatable bonds is 5. The number of aryl methyl sites for hydroxylation is 2. The van der Waals surface area contributed by atoms with Gasteiger partial charge >= 0.3 is 5.69 Å². The van der Waals surface area contributed by atoms with E-state index in [-0.39, 0.29) is 23.9 Å². The lowest BCUT2D eigenvalue weighted by Gasteiger charge is -2.07. The van der Waals surface area contributed by atoms with Crippen LogP contribution in [0.2, 0.25) is 0 Å². The molecule has 0 bridgehead atoms. The number of anilines is 1. The van der Waals surface area contributed by atoms with Gasteiger partial charge in [0.1, 0.15) is 11.5 Å². The number of nitrogens with one attached hydrogen (secondary N) is 1. The van der Waals surface area contributed by atoms with Crippen LogP contribution in [-0.2, 0) is 20.0 Å². The van der Waals surface area contributed by atoms with Crippen molar-refractivity contribution in [3.63, 3.8) is 0 Å². The topological polar surface area (TPSA) is 73.0 Å². The van der Waals surface area contributed by atoms with Crippen molar-refractivity contribution < 1.29 is 9.31 Å². The van der Waals surface area contributed by atoms with Gasteiger partial charge in [-0.15, -0.1) is 0 Å². The molecule has 1 aromatic heterocycles. The third-order valence-corrected chi connectivity index (χ3v) is 3.01. The number of hydrogen-bond acceptors (Lipinski definition) is 4. The Balaban J connectivity index is 2.28. The maximum absolute atomic E-state index is 13.5. The quantitative estimate of drug-likeness (QED) is 0.674. The Hall–Kier alpha value is -2.44. The highest BCUT2D eigenvalue weighted by molar-refractivity contribution is 5.60. The van der Waals surface area contributed by atoms with E-state index in [4.69, 9.17) is 0 Å². The SMILES string of the molecule is CCc1nn(C)c(NCc2ccccc2F)c1[N+](=O)[O-]. The van der Waals surface area contributed by atoms with Crippen molar-refractivity contribution in [2.24, 2.45) is 7.05 Å². The Morgan fingerprint density at radius 2 is 2.15 bits per heavy atom. The van der Waals surface area contributed by atoms with Crippen LogP contribution in [-0.4, -0.2) is 14.7 Å². The van der Waals surface area contributed by atoms with Gasteiger partial charge in [0.15, 0.2) is 0 Å². The Morgan fingerprint density at radius 3 is 2.75 bits per heavy atom. The van der Waals surface area contributed by atoms with Crippen LogP contribution in [0.15, 0.2) is 24.3 Å². The first-order valence-corrected chi connectivity index (χ1v) is 6.22. The molecule has 0 unspecified atom stereocenters. The van der Waals surface area contributed by atoms with Gasteiger partial charge in [-0.3, -0.25) is 10.1 Å². The third-order valence-electron chi connectivity index (χ3n) is 3.01. The van der Waals surface area contributed by atoms with Crippen LogP contribution in [0.4, 0.5) is 15.9 Å². The Kier molecular flexibility index (Phi) is 3.97. The normalized spacial score (nSPS) is 10.6. The molecule has 1 N–H and O–H groups in total. The van der Waals surface area contributed by atoms with E-state index in [1.54, 1.807) is 32.2 Å². The summed E-state index contributed by atoms with van der Waals surface area (Å²) < 4.78 is 14.9. The maximum Gasteiger partial charge on any atom is 0.333 e. The second kappa shape index (κ2) is 5.68. The van der Waals surface area contributed by atoms with Crippen LogP contribution >= 0.6 is 0 Å². The number of aromatic nitrogens is 2. The summed E-state index contributed by atoms with van der Waals surface area (Å²) in [5.41, 5.74) is 0.806. The van der Waals surface area contributed by atoms with E-state index in [9.17, 15) is 14.5 Å². The van der Waals surface area contributed by atoms with Crippen molar-refractivity contribution in [3.05, 3.63) is 51.5 Å². The average Bonchev–Trinajstić information content (AvgIpc) is 2.74. The van der Waals surface area contributed by atoms with E-state index in [0.717, 1.165) is 0 Å². The molecule has 0 fully saturated rings. The van der Waals surface area contributed by atoms with E-state index in [1.807, 2.05) is 0 Å². The lowest BCUT2D eigenvalue weighted by atomic mass is 10.2. The summed E-state index contributed by atoms with van der Waals surface area (Å²) in [6.07, 6.45) is 0.464.